The molecule has 0 aliphatic heterocycles. The van der Waals surface area contributed by atoms with E-state index in [0.717, 1.165) is 32.9 Å². The molecule has 1 aromatic carbocycles. The number of rotatable bonds is 8. The van der Waals surface area contributed by atoms with Gasteiger partial charge >= 0.3 is 0 Å². The van der Waals surface area contributed by atoms with Crippen molar-refractivity contribution in [3.63, 3.8) is 0 Å². The molecule has 4 aromatic rings. The van der Waals surface area contributed by atoms with Crippen LogP contribution in [0.5, 0.6) is 0 Å². The summed E-state index contributed by atoms with van der Waals surface area (Å²) in [7, 11) is 0. The Bertz CT molecular complexity index is 1110. The van der Waals surface area contributed by atoms with Gasteiger partial charge in [0.2, 0.25) is 0 Å². The molecular weight excluding hydrogens is 410 g/mol. The van der Waals surface area contributed by atoms with E-state index in [1.54, 1.807) is 35.5 Å². The zero-order valence-corrected chi connectivity index (χ0v) is 18.7. The van der Waals surface area contributed by atoms with E-state index < -0.39 is 0 Å². The van der Waals surface area contributed by atoms with Crippen LogP contribution in [0, 0.1) is 0 Å². The fraction of sp³-hybridized carbons (Fsp3) is 0.217. The van der Waals surface area contributed by atoms with Crippen LogP contribution >= 0.6 is 23.1 Å². The first kappa shape index (κ1) is 20.5. The van der Waals surface area contributed by atoms with E-state index in [2.05, 4.69) is 69.4 Å². The summed E-state index contributed by atoms with van der Waals surface area (Å²) >= 11 is 3.39. The third-order valence-electron chi connectivity index (χ3n) is 4.69. The first-order valence-corrected chi connectivity index (χ1v) is 11.6. The lowest BCUT2D eigenvalue weighted by Crippen LogP contribution is -2.00. The largest absolute Gasteiger partial charge is 0.298 e. The molecule has 0 fully saturated rings. The molecule has 0 spiro atoms. The summed E-state index contributed by atoms with van der Waals surface area (Å²) in [5, 5.41) is 10.7. The summed E-state index contributed by atoms with van der Waals surface area (Å²) in [6.07, 6.45) is 7.36. The molecule has 0 unspecified atom stereocenters. The van der Waals surface area contributed by atoms with Gasteiger partial charge in [0, 0.05) is 46.9 Å². The van der Waals surface area contributed by atoms with Crippen molar-refractivity contribution in [3.8, 4) is 22.0 Å². The Hall–Kier alpha value is -2.77. The molecule has 0 saturated carbocycles. The van der Waals surface area contributed by atoms with E-state index in [1.165, 1.54) is 10.4 Å². The maximum absolute atomic E-state index is 4.62. The van der Waals surface area contributed by atoms with E-state index in [4.69, 9.17) is 0 Å². The summed E-state index contributed by atoms with van der Waals surface area (Å²) in [5.41, 5.74) is 3.50. The molecule has 0 bridgehead atoms. The molecule has 5 nitrogen and oxygen atoms in total. The Labute approximate surface area is 184 Å². The van der Waals surface area contributed by atoms with Gasteiger partial charge in [-0.2, -0.15) is 0 Å². The highest BCUT2D eigenvalue weighted by molar-refractivity contribution is 7.98. The van der Waals surface area contributed by atoms with Crippen LogP contribution in [0.4, 0.5) is 0 Å². The summed E-state index contributed by atoms with van der Waals surface area (Å²) in [6.45, 7) is 8.95. The zero-order valence-electron chi connectivity index (χ0n) is 17.0. The maximum atomic E-state index is 4.62. The highest BCUT2D eigenvalue weighted by Gasteiger charge is 2.14. The number of benzene rings is 1. The molecule has 0 atom stereocenters. The van der Waals surface area contributed by atoms with Gasteiger partial charge in [0.15, 0.2) is 11.0 Å². The number of pyridine rings is 1. The molecule has 7 heteroatoms. The average Bonchev–Trinajstić information content (AvgIpc) is 3.40. The van der Waals surface area contributed by atoms with Crippen LogP contribution in [0.3, 0.4) is 0 Å². The highest BCUT2D eigenvalue weighted by atomic mass is 32.2. The number of hydrogen-bond acceptors (Lipinski definition) is 6. The molecule has 4 rings (SSSR count). The van der Waals surface area contributed by atoms with Crippen molar-refractivity contribution in [2.75, 3.05) is 0 Å². The van der Waals surface area contributed by atoms with Crippen molar-refractivity contribution >= 4 is 23.1 Å². The van der Waals surface area contributed by atoms with Crippen LogP contribution in [-0.4, -0.2) is 24.7 Å². The molecule has 3 aromatic heterocycles. The van der Waals surface area contributed by atoms with Crippen molar-refractivity contribution in [2.24, 2.45) is 0 Å². The number of aromatic nitrogens is 5. The first-order valence-electron chi connectivity index (χ1n) is 9.78. The van der Waals surface area contributed by atoms with Gasteiger partial charge in [0.05, 0.1) is 0 Å². The van der Waals surface area contributed by atoms with E-state index in [9.17, 15) is 0 Å². The van der Waals surface area contributed by atoms with E-state index in [-0.39, 0.29) is 0 Å². The number of allylic oxidation sites excluding steroid dienone is 1. The second-order valence-corrected chi connectivity index (χ2v) is 9.20. The average molecular weight is 434 g/mol. The van der Waals surface area contributed by atoms with Gasteiger partial charge in [-0.3, -0.25) is 9.55 Å². The number of nitrogens with zero attached hydrogens (tertiary/aromatic N) is 5. The zero-order chi connectivity index (χ0) is 20.9. The summed E-state index contributed by atoms with van der Waals surface area (Å²) in [5.74, 6) is 2.16. The van der Waals surface area contributed by atoms with Crippen molar-refractivity contribution in [3.05, 3.63) is 78.1 Å². The lowest BCUT2D eigenvalue weighted by atomic mass is 10.0. The molecule has 0 N–H and O–H groups in total. The number of thiazole rings is 1. The second-order valence-electron chi connectivity index (χ2n) is 7.14. The molecule has 0 radical (unpaired) electrons. The molecule has 30 heavy (non-hydrogen) atoms. The third-order valence-corrected chi connectivity index (χ3v) is 6.93. The van der Waals surface area contributed by atoms with Gasteiger partial charge in [-0.1, -0.05) is 56.0 Å². The van der Waals surface area contributed by atoms with Crippen LogP contribution in [0.1, 0.15) is 30.2 Å². The lowest BCUT2D eigenvalue weighted by Gasteiger charge is -2.07. The second kappa shape index (κ2) is 9.36. The van der Waals surface area contributed by atoms with Crippen LogP contribution in [0.25, 0.3) is 22.0 Å². The molecule has 0 amide bonds. The molecule has 0 saturated heterocycles. The fourth-order valence-electron chi connectivity index (χ4n) is 3.06. The van der Waals surface area contributed by atoms with Crippen LogP contribution in [-0.2, 0) is 12.3 Å². The highest BCUT2D eigenvalue weighted by Crippen LogP contribution is 2.31. The standard InChI is InChI=1S/C23H23N5S2/c1-4-13-28-21(18-9-11-24-12-10-18)26-27-23(28)29-15-20-14-25-22(30-20)19-7-5-17(6-8-19)16(2)3/h4-12,14,16H,1,13,15H2,2-3H3. The normalized spacial score (nSPS) is 11.2. The Morgan fingerprint density at radius 2 is 1.83 bits per heavy atom. The van der Waals surface area contributed by atoms with Gasteiger partial charge in [0.1, 0.15) is 5.01 Å². The molecule has 0 aliphatic rings. The van der Waals surface area contributed by atoms with Crippen LogP contribution < -0.4 is 0 Å². The summed E-state index contributed by atoms with van der Waals surface area (Å²) in [4.78, 5) is 9.92. The minimum absolute atomic E-state index is 0.535. The Kier molecular flexibility index (Phi) is 6.40. The van der Waals surface area contributed by atoms with Crippen molar-refractivity contribution in [1.29, 1.82) is 0 Å². The molecule has 0 aliphatic carbocycles. The van der Waals surface area contributed by atoms with E-state index >= 15 is 0 Å². The van der Waals surface area contributed by atoms with E-state index in [1.807, 2.05) is 24.4 Å². The molecular formula is C23H23N5S2. The van der Waals surface area contributed by atoms with Crippen LogP contribution in [0.15, 0.2) is 72.8 Å². The number of hydrogen-bond donors (Lipinski definition) is 0. The van der Waals surface area contributed by atoms with Crippen LogP contribution in [0.2, 0.25) is 0 Å². The fourth-order valence-corrected chi connectivity index (χ4v) is 4.94. The third kappa shape index (κ3) is 4.52. The smallest absolute Gasteiger partial charge is 0.192 e. The van der Waals surface area contributed by atoms with Gasteiger partial charge < -0.3 is 0 Å². The van der Waals surface area contributed by atoms with Crippen molar-refractivity contribution in [1.82, 2.24) is 24.7 Å². The number of thioether (sulfide) groups is 1. The quantitative estimate of drug-likeness (QED) is 0.249. The van der Waals surface area contributed by atoms with Gasteiger partial charge in [-0.05, 0) is 23.6 Å². The maximum Gasteiger partial charge on any atom is 0.192 e. The lowest BCUT2D eigenvalue weighted by molar-refractivity contribution is 0.731. The minimum Gasteiger partial charge on any atom is -0.298 e. The molecule has 3 heterocycles. The van der Waals surface area contributed by atoms with Crippen molar-refractivity contribution in [2.45, 2.75) is 37.2 Å². The monoisotopic (exact) mass is 433 g/mol. The van der Waals surface area contributed by atoms with Crippen molar-refractivity contribution < 1.29 is 0 Å². The Morgan fingerprint density at radius 1 is 1.07 bits per heavy atom. The SMILES string of the molecule is C=CCn1c(SCc2cnc(-c3ccc(C(C)C)cc3)s2)nnc1-c1ccncc1. The van der Waals surface area contributed by atoms with Gasteiger partial charge in [0.25, 0.3) is 0 Å². The predicted molar refractivity (Wildman–Crippen MR) is 125 cm³/mol. The van der Waals surface area contributed by atoms with Gasteiger partial charge in [-0.25, -0.2) is 4.98 Å². The van der Waals surface area contributed by atoms with Gasteiger partial charge in [-0.15, -0.1) is 28.1 Å². The first-order chi connectivity index (χ1) is 14.7. The Balaban J connectivity index is 1.49. The predicted octanol–water partition coefficient (Wildman–Crippen LogP) is 6.07. The molecule has 152 valence electrons. The minimum atomic E-state index is 0.535. The summed E-state index contributed by atoms with van der Waals surface area (Å²) in [6, 6.07) is 12.6. The Morgan fingerprint density at radius 3 is 2.53 bits per heavy atom. The topological polar surface area (TPSA) is 56.5 Å². The summed E-state index contributed by atoms with van der Waals surface area (Å²) < 4.78 is 2.08. The van der Waals surface area contributed by atoms with E-state index in [0.29, 0.717) is 12.5 Å².